The van der Waals surface area contributed by atoms with Crippen LogP contribution in [0.2, 0.25) is 0 Å². The van der Waals surface area contributed by atoms with E-state index in [2.05, 4.69) is 13.0 Å². The van der Waals surface area contributed by atoms with Gasteiger partial charge in [-0.3, -0.25) is 19.3 Å². The summed E-state index contributed by atoms with van der Waals surface area (Å²) in [6.07, 6.45) is 4.39. The number of hydrogen-bond donors (Lipinski definition) is 0. The first-order valence-corrected chi connectivity index (χ1v) is 12.2. The average Bonchev–Trinajstić information content (AvgIpc) is 3.11. The third kappa shape index (κ3) is 5.28. The molecule has 1 saturated heterocycles. The van der Waals surface area contributed by atoms with Crippen LogP contribution in [0.4, 0.5) is 4.79 Å². The van der Waals surface area contributed by atoms with Gasteiger partial charge in [0.05, 0.1) is 18.6 Å². The smallest absolute Gasteiger partial charge is 0.294 e. The highest BCUT2D eigenvalue weighted by atomic mass is 32.2. The summed E-state index contributed by atoms with van der Waals surface area (Å²) in [4.78, 5) is 41.3. The third-order valence-corrected chi connectivity index (χ3v) is 6.80. The predicted octanol–water partition coefficient (Wildman–Crippen LogP) is 4.50. The fraction of sp³-hybridized carbons (Fsp3) is 0.346. The number of carbonyl (C=O) groups excluding carboxylic acids is 3. The molecule has 0 spiro atoms. The van der Waals surface area contributed by atoms with Crippen LogP contribution >= 0.6 is 11.8 Å². The lowest BCUT2D eigenvalue weighted by molar-refractivity contribution is -0.136. The standard InChI is InChI=1S/C26H28N2O5S/c1-3-4-13-33-21-10-9-18(14-22(21)32-2)15-23-25(30)28(26(31)34-23)17-24(29)27-12-11-19-7-5-6-8-20(19)16-27/h5-10,14-15H,3-4,11-13,16-17H2,1-2H3/b23-15-. The molecule has 0 atom stereocenters. The number of benzene rings is 2. The first kappa shape index (κ1) is 23.9. The van der Waals surface area contributed by atoms with Gasteiger partial charge in [-0.25, -0.2) is 0 Å². The molecule has 0 saturated carbocycles. The van der Waals surface area contributed by atoms with Crippen LogP contribution in [0, 0.1) is 0 Å². The van der Waals surface area contributed by atoms with Gasteiger partial charge in [-0.2, -0.15) is 0 Å². The van der Waals surface area contributed by atoms with Gasteiger partial charge in [-0.05, 0) is 59.5 Å². The number of fused-ring (bicyclic) bond motifs is 1. The fourth-order valence-electron chi connectivity index (χ4n) is 3.95. The molecule has 2 aromatic carbocycles. The molecule has 0 aromatic heterocycles. The molecule has 7 nitrogen and oxygen atoms in total. The van der Waals surface area contributed by atoms with Gasteiger partial charge >= 0.3 is 0 Å². The second-order valence-corrected chi connectivity index (χ2v) is 9.21. The Kier molecular flexibility index (Phi) is 7.57. The van der Waals surface area contributed by atoms with E-state index in [0.29, 0.717) is 36.8 Å². The van der Waals surface area contributed by atoms with E-state index < -0.39 is 11.1 Å². The summed E-state index contributed by atoms with van der Waals surface area (Å²) in [7, 11) is 1.56. The predicted molar refractivity (Wildman–Crippen MR) is 132 cm³/mol. The number of amides is 3. The van der Waals surface area contributed by atoms with Crippen molar-refractivity contribution in [3.63, 3.8) is 0 Å². The molecule has 178 valence electrons. The highest BCUT2D eigenvalue weighted by molar-refractivity contribution is 8.18. The maximum Gasteiger partial charge on any atom is 0.294 e. The number of rotatable bonds is 8. The number of nitrogens with zero attached hydrogens (tertiary/aromatic N) is 2. The minimum Gasteiger partial charge on any atom is -0.493 e. The Morgan fingerprint density at radius 1 is 1.12 bits per heavy atom. The molecule has 2 aliphatic heterocycles. The van der Waals surface area contributed by atoms with E-state index in [4.69, 9.17) is 9.47 Å². The van der Waals surface area contributed by atoms with Crippen molar-refractivity contribution >= 4 is 34.9 Å². The van der Waals surface area contributed by atoms with Crippen molar-refractivity contribution in [1.82, 2.24) is 9.80 Å². The molecule has 2 aromatic rings. The van der Waals surface area contributed by atoms with Gasteiger partial charge in [0, 0.05) is 13.1 Å². The monoisotopic (exact) mass is 480 g/mol. The van der Waals surface area contributed by atoms with Crippen LogP contribution in [0.5, 0.6) is 11.5 Å². The molecular formula is C26H28N2O5S. The van der Waals surface area contributed by atoms with Gasteiger partial charge in [0.2, 0.25) is 5.91 Å². The first-order valence-electron chi connectivity index (χ1n) is 11.4. The molecular weight excluding hydrogens is 452 g/mol. The number of ether oxygens (including phenoxy) is 2. The molecule has 34 heavy (non-hydrogen) atoms. The SMILES string of the molecule is CCCCOc1ccc(/C=C2\SC(=O)N(CC(=O)N3CCc4ccccc4C3)C2=O)cc1OC. The summed E-state index contributed by atoms with van der Waals surface area (Å²) in [5.74, 6) is 0.510. The molecule has 0 unspecified atom stereocenters. The lowest BCUT2D eigenvalue weighted by Gasteiger charge is -2.29. The third-order valence-electron chi connectivity index (χ3n) is 5.89. The highest BCUT2D eigenvalue weighted by Gasteiger charge is 2.37. The van der Waals surface area contributed by atoms with Crippen molar-refractivity contribution in [3.8, 4) is 11.5 Å². The molecule has 1 fully saturated rings. The Bertz CT molecular complexity index is 1130. The van der Waals surface area contributed by atoms with Gasteiger partial charge in [0.15, 0.2) is 11.5 Å². The summed E-state index contributed by atoms with van der Waals surface area (Å²) in [5.41, 5.74) is 3.05. The van der Waals surface area contributed by atoms with E-state index in [1.165, 1.54) is 5.56 Å². The lowest BCUT2D eigenvalue weighted by atomic mass is 10.00. The van der Waals surface area contributed by atoms with Crippen LogP contribution in [-0.4, -0.2) is 53.7 Å². The van der Waals surface area contributed by atoms with Crippen molar-refractivity contribution in [3.05, 3.63) is 64.1 Å². The number of unbranched alkanes of at least 4 members (excludes halogenated alkanes) is 1. The molecule has 2 heterocycles. The largest absolute Gasteiger partial charge is 0.493 e. The van der Waals surface area contributed by atoms with Crippen LogP contribution in [-0.2, 0) is 22.6 Å². The van der Waals surface area contributed by atoms with Crippen molar-refractivity contribution in [1.29, 1.82) is 0 Å². The molecule has 0 aliphatic carbocycles. The maximum atomic E-state index is 12.9. The lowest BCUT2D eigenvalue weighted by Crippen LogP contribution is -2.44. The molecule has 2 aliphatic rings. The minimum absolute atomic E-state index is 0.228. The summed E-state index contributed by atoms with van der Waals surface area (Å²) >= 11 is 0.844. The first-order chi connectivity index (χ1) is 16.5. The Morgan fingerprint density at radius 3 is 2.68 bits per heavy atom. The Balaban J connectivity index is 1.43. The molecule has 0 radical (unpaired) electrons. The van der Waals surface area contributed by atoms with Crippen LogP contribution in [0.1, 0.15) is 36.5 Å². The average molecular weight is 481 g/mol. The van der Waals surface area contributed by atoms with Gasteiger partial charge in [-0.1, -0.05) is 43.7 Å². The maximum absolute atomic E-state index is 12.9. The molecule has 0 bridgehead atoms. The summed E-state index contributed by atoms with van der Waals surface area (Å²) in [6.45, 7) is 3.51. The zero-order valence-electron chi connectivity index (χ0n) is 19.4. The van der Waals surface area contributed by atoms with E-state index in [-0.39, 0.29) is 17.4 Å². The Hall–Kier alpha value is -3.26. The Labute approximate surface area is 203 Å². The second kappa shape index (κ2) is 10.8. The van der Waals surface area contributed by atoms with E-state index >= 15 is 0 Å². The zero-order valence-corrected chi connectivity index (χ0v) is 20.2. The molecule has 3 amide bonds. The van der Waals surface area contributed by atoms with Crippen molar-refractivity contribution in [2.75, 3.05) is 26.8 Å². The summed E-state index contributed by atoms with van der Waals surface area (Å²) in [6, 6.07) is 13.4. The number of methoxy groups -OCH3 is 1. The zero-order chi connectivity index (χ0) is 24.1. The van der Waals surface area contributed by atoms with Crippen molar-refractivity contribution in [2.45, 2.75) is 32.7 Å². The molecule has 0 N–H and O–H groups in total. The van der Waals surface area contributed by atoms with Crippen LogP contribution in [0.25, 0.3) is 6.08 Å². The normalized spacial score (nSPS) is 16.7. The Morgan fingerprint density at radius 2 is 1.91 bits per heavy atom. The van der Waals surface area contributed by atoms with Gasteiger partial charge < -0.3 is 14.4 Å². The van der Waals surface area contributed by atoms with Gasteiger partial charge in [-0.15, -0.1) is 0 Å². The van der Waals surface area contributed by atoms with Crippen molar-refractivity contribution < 1.29 is 23.9 Å². The van der Waals surface area contributed by atoms with Gasteiger partial charge in [0.25, 0.3) is 11.1 Å². The van der Waals surface area contributed by atoms with Crippen LogP contribution < -0.4 is 9.47 Å². The van der Waals surface area contributed by atoms with E-state index in [1.54, 1.807) is 30.2 Å². The topological polar surface area (TPSA) is 76.2 Å². The minimum atomic E-state index is -0.456. The van der Waals surface area contributed by atoms with E-state index in [9.17, 15) is 14.4 Å². The van der Waals surface area contributed by atoms with E-state index in [0.717, 1.165) is 41.5 Å². The fourth-order valence-corrected chi connectivity index (χ4v) is 4.79. The van der Waals surface area contributed by atoms with Gasteiger partial charge in [0.1, 0.15) is 6.54 Å². The number of hydrogen-bond acceptors (Lipinski definition) is 6. The van der Waals surface area contributed by atoms with Crippen LogP contribution in [0.3, 0.4) is 0 Å². The van der Waals surface area contributed by atoms with Crippen LogP contribution in [0.15, 0.2) is 47.4 Å². The molecule has 8 heteroatoms. The quantitative estimate of drug-likeness (QED) is 0.409. The van der Waals surface area contributed by atoms with Crippen molar-refractivity contribution in [2.24, 2.45) is 0 Å². The summed E-state index contributed by atoms with van der Waals surface area (Å²) < 4.78 is 11.2. The van der Waals surface area contributed by atoms with E-state index in [1.807, 2.05) is 24.3 Å². The summed E-state index contributed by atoms with van der Waals surface area (Å²) in [5, 5.41) is -0.437. The number of carbonyl (C=O) groups is 3. The second-order valence-electron chi connectivity index (χ2n) is 8.21. The molecule has 4 rings (SSSR count). The number of thioether (sulfide) groups is 1. The highest BCUT2D eigenvalue weighted by Crippen LogP contribution is 2.34. The number of imide groups is 1.